The van der Waals surface area contributed by atoms with Crippen LogP contribution in [0.15, 0.2) is 36.5 Å². The molecule has 116 valence electrons. The van der Waals surface area contributed by atoms with Crippen molar-refractivity contribution in [2.75, 3.05) is 24.8 Å². The molecule has 7 heteroatoms. The zero-order valence-corrected chi connectivity index (χ0v) is 13.0. The Labute approximate surface area is 132 Å². The highest BCUT2D eigenvalue weighted by atomic mass is 32.1. The van der Waals surface area contributed by atoms with Crippen molar-refractivity contribution in [3.8, 4) is 5.75 Å². The van der Waals surface area contributed by atoms with E-state index in [2.05, 4.69) is 16.9 Å². The van der Waals surface area contributed by atoms with E-state index in [-0.39, 0.29) is 0 Å². The van der Waals surface area contributed by atoms with E-state index in [9.17, 15) is 4.79 Å². The quantitative estimate of drug-likeness (QED) is 0.463. The van der Waals surface area contributed by atoms with Crippen LogP contribution in [0.5, 0.6) is 5.75 Å². The van der Waals surface area contributed by atoms with Gasteiger partial charge in [-0.05, 0) is 12.1 Å². The Balaban J connectivity index is 2.28. The normalized spacial score (nSPS) is 10.0. The van der Waals surface area contributed by atoms with Crippen molar-refractivity contribution < 1.29 is 14.3 Å². The average molecular weight is 319 g/mol. The highest BCUT2D eigenvalue weighted by molar-refractivity contribution is 7.09. The number of hydrogen-bond donors (Lipinski definition) is 2. The number of ether oxygens (including phenoxy) is 2. The summed E-state index contributed by atoms with van der Waals surface area (Å²) in [6.45, 7) is 4.44. The van der Waals surface area contributed by atoms with Gasteiger partial charge < -0.3 is 20.5 Å². The Kier molecular flexibility index (Phi) is 5.37. The number of nitrogens with one attached hydrogen (secondary N) is 1. The molecule has 3 N–H and O–H groups in total. The standard InChI is InChI=1S/C15H17N3O3S/c1-3-4-21-13-6-10(15(19)20-2)5-12(14(13)16)18-8-11-7-17-9-22-11/h3,5-7,9,18H,1,4,8,16H2,2H3. The zero-order valence-electron chi connectivity index (χ0n) is 12.2. The van der Waals surface area contributed by atoms with Gasteiger partial charge in [-0.15, -0.1) is 11.3 Å². The molecule has 0 atom stereocenters. The monoisotopic (exact) mass is 319 g/mol. The number of anilines is 2. The molecule has 0 fully saturated rings. The van der Waals surface area contributed by atoms with E-state index in [0.717, 1.165) is 4.88 Å². The van der Waals surface area contributed by atoms with Gasteiger partial charge in [0.2, 0.25) is 0 Å². The third-order valence-electron chi connectivity index (χ3n) is 2.86. The van der Waals surface area contributed by atoms with Gasteiger partial charge >= 0.3 is 5.97 Å². The fourth-order valence-corrected chi connectivity index (χ4v) is 2.32. The smallest absolute Gasteiger partial charge is 0.338 e. The maximum absolute atomic E-state index is 11.8. The van der Waals surface area contributed by atoms with Gasteiger partial charge in [0.15, 0.2) is 0 Å². The van der Waals surface area contributed by atoms with Gasteiger partial charge in [0.25, 0.3) is 0 Å². The second kappa shape index (κ2) is 7.46. The lowest BCUT2D eigenvalue weighted by atomic mass is 10.1. The molecule has 0 aliphatic heterocycles. The Bertz CT molecular complexity index is 656. The minimum atomic E-state index is -0.454. The molecule has 0 amide bonds. The number of methoxy groups -OCH3 is 1. The zero-order chi connectivity index (χ0) is 15.9. The summed E-state index contributed by atoms with van der Waals surface area (Å²) in [6.07, 6.45) is 3.38. The molecule has 0 radical (unpaired) electrons. The van der Waals surface area contributed by atoms with Crippen LogP contribution in [0.2, 0.25) is 0 Å². The predicted molar refractivity (Wildman–Crippen MR) is 87.3 cm³/mol. The molecule has 22 heavy (non-hydrogen) atoms. The number of thiazole rings is 1. The number of benzene rings is 1. The van der Waals surface area contributed by atoms with Crippen molar-refractivity contribution in [3.63, 3.8) is 0 Å². The molecule has 0 bridgehead atoms. The van der Waals surface area contributed by atoms with E-state index < -0.39 is 5.97 Å². The van der Waals surface area contributed by atoms with Crippen LogP contribution in [-0.4, -0.2) is 24.7 Å². The van der Waals surface area contributed by atoms with Crippen molar-refractivity contribution in [2.45, 2.75) is 6.54 Å². The average Bonchev–Trinajstić information content (AvgIpc) is 3.05. The summed E-state index contributed by atoms with van der Waals surface area (Å²) < 4.78 is 10.2. The summed E-state index contributed by atoms with van der Waals surface area (Å²) in [6, 6.07) is 3.20. The van der Waals surface area contributed by atoms with E-state index in [1.807, 2.05) is 0 Å². The molecule has 0 unspecified atom stereocenters. The second-order valence-corrected chi connectivity index (χ2v) is 5.32. The number of nitrogen functional groups attached to an aromatic ring is 1. The number of esters is 1. The van der Waals surface area contributed by atoms with Crippen molar-refractivity contribution in [2.24, 2.45) is 0 Å². The Hall–Kier alpha value is -2.54. The molecule has 0 spiro atoms. The van der Waals surface area contributed by atoms with Gasteiger partial charge in [0, 0.05) is 11.1 Å². The number of nitrogens with two attached hydrogens (primary N) is 1. The number of carbonyl (C=O) groups is 1. The number of carbonyl (C=O) groups excluding carboxylic acids is 1. The minimum absolute atomic E-state index is 0.295. The fourth-order valence-electron chi connectivity index (χ4n) is 1.79. The van der Waals surface area contributed by atoms with Crippen molar-refractivity contribution in [1.29, 1.82) is 0 Å². The predicted octanol–water partition coefficient (Wildman–Crippen LogP) is 2.69. The molecular formula is C15H17N3O3S. The van der Waals surface area contributed by atoms with Crippen LogP contribution >= 0.6 is 11.3 Å². The van der Waals surface area contributed by atoms with E-state index in [1.165, 1.54) is 18.4 Å². The van der Waals surface area contributed by atoms with Gasteiger partial charge in [-0.25, -0.2) is 4.79 Å². The lowest BCUT2D eigenvalue weighted by molar-refractivity contribution is 0.0600. The third-order valence-corrected chi connectivity index (χ3v) is 3.64. The van der Waals surface area contributed by atoms with Crippen LogP contribution in [0.25, 0.3) is 0 Å². The Morgan fingerprint density at radius 3 is 3.00 bits per heavy atom. The fraction of sp³-hybridized carbons (Fsp3) is 0.200. The summed E-state index contributed by atoms with van der Waals surface area (Å²) in [4.78, 5) is 16.8. The molecular weight excluding hydrogens is 302 g/mol. The number of rotatable bonds is 7. The Morgan fingerprint density at radius 1 is 1.55 bits per heavy atom. The second-order valence-electron chi connectivity index (χ2n) is 4.35. The van der Waals surface area contributed by atoms with Crippen LogP contribution in [-0.2, 0) is 11.3 Å². The van der Waals surface area contributed by atoms with Gasteiger partial charge in [0.1, 0.15) is 12.4 Å². The minimum Gasteiger partial charge on any atom is -0.487 e. The molecule has 0 aliphatic rings. The molecule has 2 aromatic rings. The summed E-state index contributed by atoms with van der Waals surface area (Å²) in [5.41, 5.74) is 9.24. The molecule has 1 heterocycles. The Morgan fingerprint density at radius 2 is 2.36 bits per heavy atom. The molecule has 1 aromatic carbocycles. The first-order chi connectivity index (χ1) is 10.7. The summed E-state index contributed by atoms with van der Waals surface area (Å²) in [7, 11) is 1.33. The van der Waals surface area contributed by atoms with E-state index in [1.54, 1.807) is 29.9 Å². The van der Waals surface area contributed by atoms with Crippen LogP contribution < -0.4 is 15.8 Å². The van der Waals surface area contributed by atoms with E-state index in [4.69, 9.17) is 15.2 Å². The maximum atomic E-state index is 11.8. The first-order valence-corrected chi connectivity index (χ1v) is 7.40. The first-order valence-electron chi connectivity index (χ1n) is 6.52. The molecule has 0 aliphatic carbocycles. The van der Waals surface area contributed by atoms with E-state index in [0.29, 0.717) is 35.8 Å². The summed E-state index contributed by atoms with van der Waals surface area (Å²) in [5, 5.41) is 3.18. The summed E-state index contributed by atoms with van der Waals surface area (Å²) in [5.74, 6) is -0.0427. The number of hydrogen-bond acceptors (Lipinski definition) is 7. The largest absolute Gasteiger partial charge is 0.487 e. The topological polar surface area (TPSA) is 86.5 Å². The molecule has 2 rings (SSSR count). The van der Waals surface area contributed by atoms with Crippen LogP contribution in [0.4, 0.5) is 11.4 Å². The highest BCUT2D eigenvalue weighted by Gasteiger charge is 2.14. The molecule has 0 saturated carbocycles. The molecule has 6 nitrogen and oxygen atoms in total. The van der Waals surface area contributed by atoms with Gasteiger partial charge in [-0.2, -0.15) is 0 Å². The third kappa shape index (κ3) is 3.76. The van der Waals surface area contributed by atoms with Crippen LogP contribution in [0, 0.1) is 0 Å². The van der Waals surface area contributed by atoms with Gasteiger partial charge in [0.05, 0.1) is 36.1 Å². The highest BCUT2D eigenvalue weighted by Crippen LogP contribution is 2.32. The molecule has 1 aromatic heterocycles. The van der Waals surface area contributed by atoms with Crippen molar-refractivity contribution >= 4 is 28.7 Å². The van der Waals surface area contributed by atoms with Crippen LogP contribution in [0.3, 0.4) is 0 Å². The maximum Gasteiger partial charge on any atom is 0.338 e. The lowest BCUT2D eigenvalue weighted by Gasteiger charge is -2.14. The van der Waals surface area contributed by atoms with Crippen molar-refractivity contribution in [3.05, 3.63) is 46.9 Å². The van der Waals surface area contributed by atoms with Crippen LogP contribution in [0.1, 0.15) is 15.2 Å². The van der Waals surface area contributed by atoms with E-state index >= 15 is 0 Å². The van der Waals surface area contributed by atoms with Crippen molar-refractivity contribution in [1.82, 2.24) is 4.98 Å². The van der Waals surface area contributed by atoms with Gasteiger partial charge in [-0.1, -0.05) is 12.7 Å². The summed E-state index contributed by atoms with van der Waals surface area (Å²) >= 11 is 1.53. The van der Waals surface area contributed by atoms with Gasteiger partial charge in [-0.3, -0.25) is 4.98 Å². The lowest BCUT2D eigenvalue weighted by Crippen LogP contribution is -2.08. The SMILES string of the molecule is C=CCOc1cc(C(=O)OC)cc(NCc2cncs2)c1N. The number of nitrogens with zero attached hydrogens (tertiary/aromatic N) is 1. The molecule has 0 saturated heterocycles. The number of aromatic nitrogens is 1. The first kappa shape index (κ1) is 15.8.